The fraction of sp³-hybridized carbons (Fsp3) is 0.700. The van der Waals surface area contributed by atoms with Gasteiger partial charge < -0.3 is 18.8 Å². The number of pyridine rings is 1. The molecular weight excluding hydrogens is 396 g/mol. The Labute approximate surface area is 175 Å². The van der Waals surface area contributed by atoms with E-state index in [0.717, 1.165) is 5.56 Å². The van der Waals surface area contributed by atoms with Crippen LogP contribution in [0, 0.1) is 0 Å². The van der Waals surface area contributed by atoms with Crippen molar-refractivity contribution in [3.8, 4) is 5.88 Å². The number of methoxy groups -OCH3 is 1. The molecule has 8 heteroatoms. The van der Waals surface area contributed by atoms with E-state index < -0.39 is 20.0 Å². The van der Waals surface area contributed by atoms with E-state index >= 15 is 0 Å². The third-order valence-electron chi connectivity index (χ3n) is 4.74. The second kappa shape index (κ2) is 9.46. The van der Waals surface area contributed by atoms with E-state index in [0.29, 0.717) is 30.7 Å². The van der Waals surface area contributed by atoms with Gasteiger partial charge in [0.05, 0.1) is 20.3 Å². The zero-order valence-electron chi connectivity index (χ0n) is 18.7. The highest BCUT2D eigenvalue weighted by Crippen LogP contribution is 2.36. The van der Waals surface area contributed by atoms with Gasteiger partial charge in [-0.3, -0.25) is 0 Å². The predicted octanol–water partition coefficient (Wildman–Crippen LogP) is 5.50. The van der Waals surface area contributed by atoms with Crippen molar-refractivity contribution in [2.24, 2.45) is 0 Å². The summed E-state index contributed by atoms with van der Waals surface area (Å²) >= 11 is 5.95. The van der Waals surface area contributed by atoms with Crippen molar-refractivity contribution in [1.29, 1.82) is 0 Å². The van der Waals surface area contributed by atoms with E-state index in [1.807, 2.05) is 20.8 Å². The van der Waals surface area contributed by atoms with E-state index in [4.69, 9.17) is 25.5 Å². The molecule has 1 aromatic rings. The Morgan fingerprint density at radius 1 is 1.18 bits per heavy atom. The van der Waals surface area contributed by atoms with E-state index in [-0.39, 0.29) is 5.04 Å². The zero-order valence-corrected chi connectivity index (χ0v) is 20.4. The van der Waals surface area contributed by atoms with Gasteiger partial charge in [-0.05, 0) is 51.0 Å². The molecule has 0 atom stereocenters. The van der Waals surface area contributed by atoms with Gasteiger partial charge in [0.15, 0.2) is 8.32 Å². The summed E-state index contributed by atoms with van der Waals surface area (Å²) in [5.74, 6) is 0.395. The standard InChI is InChI=1S/C20H35ClN2O4Si/c1-19(2,3)27-18(24)23(12-13-26-28(8,9)20(4,5)6)14-15-10-11-16(21)22-17(15)25-7/h10-11H,12-14H2,1-9H3. The molecule has 0 saturated heterocycles. The minimum absolute atomic E-state index is 0.104. The average Bonchev–Trinajstić information content (AvgIpc) is 2.52. The number of amides is 1. The highest BCUT2D eigenvalue weighted by molar-refractivity contribution is 6.74. The van der Waals surface area contributed by atoms with E-state index in [1.165, 1.54) is 7.11 Å². The van der Waals surface area contributed by atoms with Crippen LogP contribution >= 0.6 is 11.6 Å². The SMILES string of the molecule is COc1nc(Cl)ccc1CN(CCO[Si](C)(C)C(C)(C)C)C(=O)OC(C)(C)C. The van der Waals surface area contributed by atoms with Crippen LogP contribution in [0.1, 0.15) is 47.1 Å². The lowest BCUT2D eigenvalue weighted by Crippen LogP contribution is -2.44. The Morgan fingerprint density at radius 3 is 2.29 bits per heavy atom. The van der Waals surface area contributed by atoms with Crippen LogP contribution in [0.3, 0.4) is 0 Å². The van der Waals surface area contributed by atoms with Crippen LogP contribution in [0.2, 0.25) is 23.3 Å². The summed E-state index contributed by atoms with van der Waals surface area (Å²) in [6.45, 7) is 17.6. The molecule has 1 rings (SSSR count). The van der Waals surface area contributed by atoms with Gasteiger partial charge in [0.2, 0.25) is 5.88 Å². The molecule has 1 heterocycles. The molecule has 0 aliphatic carbocycles. The summed E-state index contributed by atoms with van der Waals surface area (Å²) in [6, 6.07) is 3.49. The Morgan fingerprint density at radius 2 is 1.79 bits per heavy atom. The van der Waals surface area contributed by atoms with Crippen molar-refractivity contribution < 1.29 is 18.7 Å². The number of hydrogen-bond acceptors (Lipinski definition) is 5. The number of carbonyl (C=O) groups is 1. The lowest BCUT2D eigenvalue weighted by molar-refractivity contribution is 0.0204. The summed E-state index contributed by atoms with van der Waals surface area (Å²) in [6.07, 6.45) is -0.400. The van der Waals surface area contributed by atoms with Crippen molar-refractivity contribution in [3.63, 3.8) is 0 Å². The van der Waals surface area contributed by atoms with Gasteiger partial charge in [-0.1, -0.05) is 32.4 Å². The van der Waals surface area contributed by atoms with Crippen LogP contribution in [-0.4, -0.2) is 50.2 Å². The number of rotatable bonds is 7. The van der Waals surface area contributed by atoms with Gasteiger partial charge in [0, 0.05) is 12.1 Å². The number of hydrogen-bond donors (Lipinski definition) is 0. The zero-order chi connectivity index (χ0) is 21.8. The predicted molar refractivity (Wildman–Crippen MR) is 116 cm³/mol. The van der Waals surface area contributed by atoms with Crippen molar-refractivity contribution in [1.82, 2.24) is 9.88 Å². The van der Waals surface area contributed by atoms with Crippen molar-refractivity contribution in [2.45, 2.75) is 71.8 Å². The van der Waals surface area contributed by atoms with E-state index in [2.05, 4.69) is 38.8 Å². The largest absolute Gasteiger partial charge is 0.481 e. The fourth-order valence-electron chi connectivity index (χ4n) is 2.14. The summed E-state index contributed by atoms with van der Waals surface area (Å²) in [5, 5.41) is 0.443. The monoisotopic (exact) mass is 430 g/mol. The number of halogens is 1. The average molecular weight is 431 g/mol. The van der Waals surface area contributed by atoms with Gasteiger partial charge in [-0.15, -0.1) is 0 Å². The summed E-state index contributed by atoms with van der Waals surface area (Å²) in [7, 11) is -0.376. The fourth-order valence-corrected chi connectivity index (χ4v) is 3.31. The first-order valence-electron chi connectivity index (χ1n) is 9.47. The second-order valence-corrected chi connectivity index (χ2v) is 14.5. The summed E-state index contributed by atoms with van der Waals surface area (Å²) in [5.41, 5.74) is 0.169. The van der Waals surface area contributed by atoms with Crippen LogP contribution in [-0.2, 0) is 15.7 Å². The first kappa shape index (κ1) is 24.7. The molecule has 6 nitrogen and oxygen atoms in total. The first-order chi connectivity index (χ1) is 12.7. The minimum atomic E-state index is -1.90. The van der Waals surface area contributed by atoms with Crippen molar-refractivity contribution in [2.75, 3.05) is 20.3 Å². The van der Waals surface area contributed by atoms with Gasteiger partial charge in [-0.2, -0.15) is 0 Å². The van der Waals surface area contributed by atoms with Gasteiger partial charge >= 0.3 is 6.09 Å². The molecule has 1 amide bonds. The number of nitrogens with zero attached hydrogens (tertiary/aromatic N) is 2. The lowest BCUT2D eigenvalue weighted by atomic mass is 10.2. The normalized spacial score (nSPS) is 12.6. The van der Waals surface area contributed by atoms with E-state index in [9.17, 15) is 4.79 Å². The number of carbonyl (C=O) groups excluding carboxylic acids is 1. The molecule has 0 spiro atoms. The highest BCUT2D eigenvalue weighted by atomic mass is 35.5. The van der Waals surface area contributed by atoms with E-state index in [1.54, 1.807) is 17.0 Å². The number of aromatic nitrogens is 1. The lowest BCUT2D eigenvalue weighted by Gasteiger charge is -2.37. The molecule has 0 unspecified atom stereocenters. The molecule has 28 heavy (non-hydrogen) atoms. The molecule has 0 saturated carbocycles. The Bertz CT molecular complexity index is 669. The quantitative estimate of drug-likeness (QED) is 0.422. The molecule has 0 N–H and O–H groups in total. The maximum Gasteiger partial charge on any atom is 0.410 e. The maximum absolute atomic E-state index is 12.8. The molecule has 0 bridgehead atoms. The van der Waals surface area contributed by atoms with Crippen LogP contribution in [0.25, 0.3) is 0 Å². The molecule has 0 fully saturated rings. The van der Waals surface area contributed by atoms with Gasteiger partial charge in [0.1, 0.15) is 10.8 Å². The second-order valence-electron chi connectivity index (χ2n) is 9.31. The third-order valence-corrected chi connectivity index (χ3v) is 9.49. The molecular formula is C20H35ClN2O4Si. The Hall–Kier alpha value is -1.31. The topological polar surface area (TPSA) is 60.9 Å². The highest BCUT2D eigenvalue weighted by Gasteiger charge is 2.37. The minimum Gasteiger partial charge on any atom is -0.481 e. The molecule has 160 valence electrons. The molecule has 0 radical (unpaired) electrons. The maximum atomic E-state index is 12.8. The molecule has 0 aliphatic rings. The van der Waals surface area contributed by atoms with Crippen LogP contribution in [0.15, 0.2) is 12.1 Å². The Kier molecular flexibility index (Phi) is 8.35. The van der Waals surface area contributed by atoms with Crippen molar-refractivity contribution >= 4 is 26.0 Å². The molecule has 0 aliphatic heterocycles. The summed E-state index contributed by atoms with van der Waals surface area (Å²) < 4.78 is 17.1. The molecule has 0 aromatic carbocycles. The van der Waals surface area contributed by atoms with Gasteiger partial charge in [-0.25, -0.2) is 9.78 Å². The summed E-state index contributed by atoms with van der Waals surface area (Å²) in [4.78, 5) is 18.5. The number of ether oxygens (including phenoxy) is 2. The van der Waals surface area contributed by atoms with Crippen LogP contribution in [0.4, 0.5) is 4.79 Å². The first-order valence-corrected chi connectivity index (χ1v) is 12.8. The third kappa shape index (κ3) is 7.60. The Balaban J connectivity index is 2.96. The van der Waals surface area contributed by atoms with Crippen LogP contribution in [0.5, 0.6) is 5.88 Å². The smallest absolute Gasteiger partial charge is 0.410 e. The van der Waals surface area contributed by atoms with Crippen LogP contribution < -0.4 is 4.74 Å². The van der Waals surface area contributed by atoms with Gasteiger partial charge in [0.25, 0.3) is 0 Å². The van der Waals surface area contributed by atoms with Crippen molar-refractivity contribution in [3.05, 3.63) is 22.8 Å². The molecule has 1 aromatic heterocycles.